The lowest BCUT2D eigenvalue weighted by Crippen LogP contribution is -2.41. The number of carbonyl (C=O) groups is 2. The Morgan fingerprint density at radius 3 is 2.18 bits per heavy atom. The van der Waals surface area contributed by atoms with E-state index in [0.717, 1.165) is 77.7 Å². The molecular formula is C29H60N6O3. The van der Waals surface area contributed by atoms with Crippen LogP contribution in [0.2, 0.25) is 0 Å². The first kappa shape index (κ1) is 34.8. The Balaban J connectivity index is 1.99. The van der Waals surface area contributed by atoms with Crippen molar-refractivity contribution in [3.8, 4) is 0 Å². The van der Waals surface area contributed by atoms with E-state index in [0.29, 0.717) is 37.3 Å². The van der Waals surface area contributed by atoms with E-state index in [1.165, 1.54) is 19.3 Å². The molecule has 0 saturated heterocycles. The maximum Gasteiger partial charge on any atom is 0.246 e. The van der Waals surface area contributed by atoms with E-state index in [2.05, 4.69) is 42.0 Å². The molecule has 0 heterocycles. The van der Waals surface area contributed by atoms with Crippen LogP contribution in [0, 0.1) is 17.8 Å². The Labute approximate surface area is 232 Å². The topological polar surface area (TPSA) is 144 Å². The van der Waals surface area contributed by atoms with E-state index in [1.54, 1.807) is 0 Å². The van der Waals surface area contributed by atoms with Gasteiger partial charge in [-0.2, -0.15) is 0 Å². The van der Waals surface area contributed by atoms with E-state index >= 15 is 0 Å². The SMILES string of the molecule is CC(C)CC1CCC(C)CC1OCC(=O)NCCCC[C@H](N)C(=O)NCCCNCCCCNCCCN. The minimum absolute atomic E-state index is 0.0543. The summed E-state index contributed by atoms with van der Waals surface area (Å²) in [6.45, 7) is 12.8. The van der Waals surface area contributed by atoms with Gasteiger partial charge in [0.15, 0.2) is 0 Å². The molecule has 0 bridgehead atoms. The second kappa shape index (κ2) is 22.5. The maximum absolute atomic E-state index is 12.3. The van der Waals surface area contributed by atoms with Gasteiger partial charge < -0.3 is 37.5 Å². The Bertz CT molecular complexity index is 607. The standard InChI is InChI=1S/C29H60N6O3/c1-23(2)20-25-12-11-24(3)21-27(25)38-22-28(36)34-18-5-4-10-26(31)29(37)35-19-9-17-33-15-7-6-14-32-16-8-13-30/h23-27,32-33H,4-22,30-31H2,1-3H3,(H,34,36)(H,35,37)/t24?,25?,26-,27?/m0/s1. The average Bonchev–Trinajstić information content (AvgIpc) is 2.88. The quantitative estimate of drug-likeness (QED) is 0.109. The fourth-order valence-electron chi connectivity index (χ4n) is 5.09. The Hall–Kier alpha value is -1.26. The fourth-order valence-corrected chi connectivity index (χ4v) is 5.09. The van der Waals surface area contributed by atoms with Crippen molar-refractivity contribution >= 4 is 11.8 Å². The van der Waals surface area contributed by atoms with Gasteiger partial charge in [-0.3, -0.25) is 9.59 Å². The molecule has 9 nitrogen and oxygen atoms in total. The zero-order valence-corrected chi connectivity index (χ0v) is 24.7. The maximum atomic E-state index is 12.3. The summed E-state index contributed by atoms with van der Waals surface area (Å²) in [4.78, 5) is 24.4. The van der Waals surface area contributed by atoms with Crippen LogP contribution >= 0.6 is 0 Å². The molecule has 0 radical (unpaired) electrons. The lowest BCUT2D eigenvalue weighted by atomic mass is 9.77. The molecule has 3 unspecified atom stereocenters. The van der Waals surface area contributed by atoms with Crippen molar-refractivity contribution in [2.24, 2.45) is 29.2 Å². The van der Waals surface area contributed by atoms with Gasteiger partial charge in [0, 0.05) is 13.1 Å². The van der Waals surface area contributed by atoms with Gasteiger partial charge in [0.1, 0.15) is 6.61 Å². The van der Waals surface area contributed by atoms with Gasteiger partial charge in [0.25, 0.3) is 0 Å². The lowest BCUT2D eigenvalue weighted by molar-refractivity contribution is -0.130. The minimum Gasteiger partial charge on any atom is -0.368 e. The number of nitrogens with one attached hydrogen (secondary N) is 4. The summed E-state index contributed by atoms with van der Waals surface area (Å²) in [5, 5.41) is 12.7. The zero-order chi connectivity index (χ0) is 28.0. The third kappa shape index (κ3) is 18.1. The van der Waals surface area contributed by atoms with Crippen molar-refractivity contribution < 1.29 is 14.3 Å². The highest BCUT2D eigenvalue weighted by Crippen LogP contribution is 2.34. The number of unbranched alkanes of at least 4 members (excludes halogenated alkanes) is 2. The molecule has 224 valence electrons. The van der Waals surface area contributed by atoms with Crippen molar-refractivity contribution in [2.45, 2.75) is 104 Å². The average molecular weight is 541 g/mol. The monoisotopic (exact) mass is 540 g/mol. The molecule has 0 aromatic carbocycles. The molecule has 0 spiro atoms. The van der Waals surface area contributed by atoms with E-state index in [9.17, 15) is 9.59 Å². The molecule has 0 aliphatic heterocycles. The molecule has 1 saturated carbocycles. The summed E-state index contributed by atoms with van der Waals surface area (Å²) in [5.41, 5.74) is 11.5. The number of rotatable bonds is 23. The summed E-state index contributed by atoms with van der Waals surface area (Å²) in [7, 11) is 0. The van der Waals surface area contributed by atoms with Crippen LogP contribution in [0.15, 0.2) is 0 Å². The molecule has 1 rings (SSSR count). The normalized spacial score (nSPS) is 20.4. The van der Waals surface area contributed by atoms with Crippen molar-refractivity contribution in [1.29, 1.82) is 0 Å². The Morgan fingerprint density at radius 1 is 0.868 bits per heavy atom. The molecule has 8 N–H and O–H groups in total. The number of carbonyl (C=O) groups excluding carboxylic acids is 2. The molecule has 2 amide bonds. The van der Waals surface area contributed by atoms with Crippen LogP contribution in [0.3, 0.4) is 0 Å². The van der Waals surface area contributed by atoms with Crippen molar-refractivity contribution in [1.82, 2.24) is 21.3 Å². The number of nitrogens with two attached hydrogens (primary N) is 2. The summed E-state index contributed by atoms with van der Waals surface area (Å²) in [5.74, 6) is 1.73. The van der Waals surface area contributed by atoms with E-state index < -0.39 is 6.04 Å². The third-order valence-corrected chi connectivity index (χ3v) is 7.34. The van der Waals surface area contributed by atoms with E-state index in [1.807, 2.05) is 0 Å². The molecule has 1 aliphatic rings. The fraction of sp³-hybridized carbons (Fsp3) is 0.931. The minimum atomic E-state index is -0.500. The predicted molar refractivity (Wildman–Crippen MR) is 157 cm³/mol. The van der Waals surface area contributed by atoms with Crippen molar-refractivity contribution in [3.05, 3.63) is 0 Å². The summed E-state index contributed by atoms with van der Waals surface area (Å²) in [6.07, 6.45) is 11.3. The highest BCUT2D eigenvalue weighted by atomic mass is 16.5. The lowest BCUT2D eigenvalue weighted by Gasteiger charge is -2.35. The molecule has 38 heavy (non-hydrogen) atoms. The number of hydrogen-bond acceptors (Lipinski definition) is 7. The Kier molecular flexibility index (Phi) is 20.6. The van der Waals surface area contributed by atoms with Gasteiger partial charge in [0.2, 0.25) is 11.8 Å². The van der Waals surface area contributed by atoms with Crippen LogP contribution in [-0.4, -0.2) is 76.4 Å². The van der Waals surface area contributed by atoms with Gasteiger partial charge in [-0.15, -0.1) is 0 Å². The molecule has 0 aromatic rings. The first-order valence-corrected chi connectivity index (χ1v) is 15.4. The van der Waals surface area contributed by atoms with Gasteiger partial charge in [0.05, 0.1) is 12.1 Å². The van der Waals surface area contributed by atoms with Gasteiger partial charge in [-0.25, -0.2) is 0 Å². The predicted octanol–water partition coefficient (Wildman–Crippen LogP) is 2.28. The molecule has 1 aliphatic carbocycles. The highest BCUT2D eigenvalue weighted by molar-refractivity contribution is 5.81. The van der Waals surface area contributed by atoms with Gasteiger partial charge >= 0.3 is 0 Å². The van der Waals surface area contributed by atoms with Gasteiger partial charge in [-0.05, 0) is 115 Å². The summed E-state index contributed by atoms with van der Waals surface area (Å²) in [6, 6.07) is -0.500. The van der Waals surface area contributed by atoms with Crippen LogP contribution in [0.4, 0.5) is 0 Å². The number of amides is 2. The Morgan fingerprint density at radius 2 is 1.50 bits per heavy atom. The van der Waals surface area contributed by atoms with Crippen LogP contribution in [-0.2, 0) is 14.3 Å². The van der Waals surface area contributed by atoms with E-state index in [4.69, 9.17) is 16.2 Å². The van der Waals surface area contributed by atoms with Crippen molar-refractivity contribution in [2.75, 3.05) is 52.4 Å². The van der Waals surface area contributed by atoms with Crippen LogP contribution < -0.4 is 32.7 Å². The second-order valence-corrected chi connectivity index (χ2v) is 11.6. The van der Waals surface area contributed by atoms with Crippen LogP contribution in [0.1, 0.15) is 91.4 Å². The molecule has 1 fully saturated rings. The second-order valence-electron chi connectivity index (χ2n) is 11.6. The largest absolute Gasteiger partial charge is 0.368 e. The molecular weight excluding hydrogens is 480 g/mol. The third-order valence-electron chi connectivity index (χ3n) is 7.34. The van der Waals surface area contributed by atoms with Crippen LogP contribution in [0.25, 0.3) is 0 Å². The van der Waals surface area contributed by atoms with Gasteiger partial charge in [-0.1, -0.05) is 27.2 Å². The molecule has 4 atom stereocenters. The van der Waals surface area contributed by atoms with E-state index in [-0.39, 0.29) is 24.5 Å². The molecule has 0 aromatic heterocycles. The smallest absolute Gasteiger partial charge is 0.246 e. The zero-order valence-electron chi connectivity index (χ0n) is 24.7. The summed E-state index contributed by atoms with van der Waals surface area (Å²) >= 11 is 0. The number of hydrogen-bond donors (Lipinski definition) is 6. The summed E-state index contributed by atoms with van der Waals surface area (Å²) < 4.78 is 6.06. The molecule has 9 heteroatoms. The first-order valence-electron chi connectivity index (χ1n) is 15.4. The highest BCUT2D eigenvalue weighted by Gasteiger charge is 2.30. The number of ether oxygens (including phenoxy) is 1. The first-order chi connectivity index (χ1) is 18.3. The van der Waals surface area contributed by atoms with Crippen molar-refractivity contribution in [3.63, 3.8) is 0 Å². The van der Waals surface area contributed by atoms with Crippen LogP contribution in [0.5, 0.6) is 0 Å².